The Balaban J connectivity index is 1.20. The van der Waals surface area contributed by atoms with Crippen molar-refractivity contribution < 1.29 is 40.5 Å². The van der Waals surface area contributed by atoms with Crippen molar-refractivity contribution >= 4 is 9.84 Å². The molecule has 1 aliphatic carbocycles. The number of likely N-dealkylation sites (N-methyl/N-ethyl adjacent to an activating group) is 1. The van der Waals surface area contributed by atoms with Crippen molar-refractivity contribution in [3.8, 4) is 11.5 Å². The second kappa shape index (κ2) is 16.4. The molecule has 0 aromatic heterocycles. The van der Waals surface area contributed by atoms with Gasteiger partial charge in [0.15, 0.2) is 32.9 Å². The Kier molecular flexibility index (Phi) is 12.3. The molecule has 2 heterocycles. The van der Waals surface area contributed by atoms with Gasteiger partial charge in [0, 0.05) is 31.8 Å². The molecule has 0 saturated carbocycles. The maximum Gasteiger partial charge on any atom is 0.397 e. The number of piperidine rings is 1. The minimum atomic E-state index is -3.94. The topological polar surface area (TPSA) is 77.5 Å². The molecule has 2 aliphatic heterocycles. The first-order valence-corrected chi connectivity index (χ1v) is 18.9. The molecule has 272 valence electrons. The second-order valence-electron chi connectivity index (χ2n) is 13.0. The van der Waals surface area contributed by atoms with Crippen LogP contribution in [0.4, 0.5) is 13.2 Å². The summed E-state index contributed by atoms with van der Waals surface area (Å²) in [6.07, 6.45) is 7.16. The third kappa shape index (κ3) is 9.45. The van der Waals surface area contributed by atoms with Gasteiger partial charge in [0.05, 0.1) is 25.5 Å². The third-order valence-electron chi connectivity index (χ3n) is 9.26. The van der Waals surface area contributed by atoms with Crippen molar-refractivity contribution in [1.29, 1.82) is 0 Å². The number of allylic oxidation sites excluding steroid dienone is 1. The Labute approximate surface area is 293 Å². The number of likely N-dealkylation sites (tertiary alicyclic amines) is 1. The van der Waals surface area contributed by atoms with E-state index in [1.54, 1.807) is 19.3 Å². The van der Waals surface area contributed by atoms with E-state index in [0.29, 0.717) is 29.4 Å². The number of hydrogen-bond acceptors (Lipinski definition) is 8. The number of fused-ring (bicyclic) bond motifs is 1. The Morgan fingerprint density at radius 3 is 2.50 bits per heavy atom. The van der Waals surface area contributed by atoms with Crippen LogP contribution in [0.2, 0.25) is 0 Å². The number of alkyl halides is 2. The van der Waals surface area contributed by atoms with Gasteiger partial charge in [-0.1, -0.05) is 32.0 Å². The van der Waals surface area contributed by atoms with Crippen LogP contribution in [0.25, 0.3) is 0 Å². The summed E-state index contributed by atoms with van der Waals surface area (Å²) in [5, 5.41) is 0. The molecule has 1 atom stereocenters. The summed E-state index contributed by atoms with van der Waals surface area (Å²) >= 11 is 0. The van der Waals surface area contributed by atoms with E-state index in [1.807, 2.05) is 30.3 Å². The molecule has 50 heavy (non-hydrogen) atoms. The summed E-state index contributed by atoms with van der Waals surface area (Å²) in [6, 6.07) is 9.65. The molecule has 5 rings (SSSR count). The summed E-state index contributed by atoms with van der Waals surface area (Å²) < 4.78 is 91.8. The molecule has 1 fully saturated rings. The summed E-state index contributed by atoms with van der Waals surface area (Å²) in [7, 11) is -0.417. The summed E-state index contributed by atoms with van der Waals surface area (Å²) in [5.41, 5.74) is 1.36. The maximum atomic E-state index is 15.3. The maximum absolute atomic E-state index is 15.3. The Bertz CT molecular complexity index is 1730. The van der Waals surface area contributed by atoms with Crippen molar-refractivity contribution in [2.45, 2.75) is 69.4 Å². The smallest absolute Gasteiger partial charge is 0.397 e. The molecule has 0 spiro atoms. The fourth-order valence-corrected chi connectivity index (χ4v) is 7.62. The van der Waals surface area contributed by atoms with Gasteiger partial charge in [-0.3, -0.25) is 0 Å². The molecule has 1 unspecified atom stereocenters. The molecule has 0 radical (unpaired) electrons. The van der Waals surface area contributed by atoms with Gasteiger partial charge in [-0.25, -0.2) is 12.8 Å². The van der Waals surface area contributed by atoms with Crippen molar-refractivity contribution in [2.24, 2.45) is 5.92 Å². The number of rotatable bonds is 16. The van der Waals surface area contributed by atoms with Crippen molar-refractivity contribution in [3.63, 3.8) is 0 Å². The van der Waals surface area contributed by atoms with Crippen molar-refractivity contribution in [2.75, 3.05) is 46.2 Å². The zero-order chi connectivity index (χ0) is 35.9. The lowest BCUT2D eigenvalue weighted by Gasteiger charge is -2.34. The lowest BCUT2D eigenvalue weighted by molar-refractivity contribution is -0.178. The van der Waals surface area contributed by atoms with Crippen LogP contribution < -0.4 is 9.47 Å². The molecular weight excluding hydrogens is 669 g/mol. The molecule has 0 N–H and O–H groups in total. The highest BCUT2D eigenvalue weighted by atomic mass is 32.2. The van der Waals surface area contributed by atoms with Gasteiger partial charge in [0.1, 0.15) is 16.4 Å². The fourth-order valence-electron chi connectivity index (χ4n) is 6.17. The fraction of sp³-hybridized carbons (Fsp3) is 0.474. The number of benzene rings is 2. The molecule has 3 aliphatic rings. The highest BCUT2D eigenvalue weighted by molar-refractivity contribution is 7.91. The van der Waals surface area contributed by atoms with E-state index in [1.165, 1.54) is 56.2 Å². The minimum absolute atomic E-state index is 0.0188. The summed E-state index contributed by atoms with van der Waals surface area (Å²) in [5.74, 6) is 1.18. The number of methoxy groups -OCH3 is 1. The number of hydrogen-bond donors (Lipinski definition) is 0. The van der Waals surface area contributed by atoms with Gasteiger partial charge >= 0.3 is 6.11 Å². The van der Waals surface area contributed by atoms with Crippen LogP contribution in [0, 0.1) is 11.7 Å². The van der Waals surface area contributed by atoms with Gasteiger partial charge in [-0.2, -0.15) is 8.78 Å². The number of aryl methyl sites for hydroxylation is 1. The molecule has 2 aromatic rings. The molecule has 8 nitrogen and oxygen atoms in total. The van der Waals surface area contributed by atoms with E-state index in [0.717, 1.165) is 37.5 Å². The Hall–Kier alpha value is -3.90. The number of nitrogens with zero attached hydrogens (tertiary/aromatic N) is 2. The number of para-hydroxylation sites is 1. The largest absolute Gasteiger partial charge is 0.493 e. The zero-order valence-electron chi connectivity index (χ0n) is 29.2. The number of halogens is 3. The SMILES string of the molecule is CCC(F)(F)Oc1ccccc1S(=O)(=O)CCCc1ccc(OC2=C3C=C(OC)C(OCCCN4CCC(C)CC4)=CC3N(C)C=C2)c(F)c1. The molecule has 0 amide bonds. The average Bonchev–Trinajstić information content (AvgIpc) is 3.09. The van der Waals surface area contributed by atoms with Gasteiger partial charge in [-0.15, -0.1) is 0 Å². The first-order valence-electron chi connectivity index (χ1n) is 17.2. The molecule has 2 aromatic carbocycles. The molecule has 1 saturated heterocycles. The summed E-state index contributed by atoms with van der Waals surface area (Å²) in [4.78, 5) is 4.20. The van der Waals surface area contributed by atoms with Crippen LogP contribution in [0.15, 0.2) is 94.6 Å². The lowest BCUT2D eigenvalue weighted by Crippen LogP contribution is -2.34. The predicted octanol–water partition coefficient (Wildman–Crippen LogP) is 7.64. The van der Waals surface area contributed by atoms with Crippen LogP contribution in [0.1, 0.15) is 51.5 Å². The normalized spacial score (nSPS) is 18.8. The van der Waals surface area contributed by atoms with E-state index in [-0.39, 0.29) is 35.3 Å². The first kappa shape index (κ1) is 37.4. The van der Waals surface area contributed by atoms with Crippen LogP contribution in [0.3, 0.4) is 0 Å². The van der Waals surface area contributed by atoms with E-state index >= 15 is 4.39 Å². The predicted molar refractivity (Wildman–Crippen MR) is 186 cm³/mol. The third-order valence-corrected chi connectivity index (χ3v) is 11.1. The average molecular weight is 717 g/mol. The van der Waals surface area contributed by atoms with Crippen molar-refractivity contribution in [1.82, 2.24) is 9.80 Å². The number of ether oxygens (including phenoxy) is 4. The lowest BCUT2D eigenvalue weighted by atomic mass is 9.95. The van der Waals surface area contributed by atoms with Crippen LogP contribution in [-0.4, -0.2) is 76.5 Å². The minimum Gasteiger partial charge on any atom is -0.493 e. The molecular formula is C38H47F3N2O6S. The van der Waals surface area contributed by atoms with E-state index in [2.05, 4.69) is 11.8 Å². The second-order valence-corrected chi connectivity index (χ2v) is 15.1. The molecule has 12 heteroatoms. The van der Waals surface area contributed by atoms with Gasteiger partial charge in [-0.05, 0) is 99.2 Å². The zero-order valence-corrected chi connectivity index (χ0v) is 30.0. The van der Waals surface area contributed by atoms with E-state index in [9.17, 15) is 17.2 Å². The van der Waals surface area contributed by atoms with Gasteiger partial charge in [0.2, 0.25) is 0 Å². The summed E-state index contributed by atoms with van der Waals surface area (Å²) in [6.45, 7) is 7.39. The highest BCUT2D eigenvalue weighted by Crippen LogP contribution is 2.35. The van der Waals surface area contributed by atoms with Gasteiger partial charge in [0.25, 0.3) is 0 Å². The monoisotopic (exact) mass is 716 g/mol. The van der Waals surface area contributed by atoms with E-state index < -0.39 is 33.9 Å². The Morgan fingerprint density at radius 2 is 1.78 bits per heavy atom. The first-order chi connectivity index (χ1) is 23.9. The van der Waals surface area contributed by atoms with Crippen LogP contribution in [0.5, 0.6) is 11.5 Å². The van der Waals surface area contributed by atoms with E-state index in [4.69, 9.17) is 18.9 Å². The van der Waals surface area contributed by atoms with Crippen LogP contribution >= 0.6 is 0 Å². The Morgan fingerprint density at radius 1 is 1.02 bits per heavy atom. The highest BCUT2D eigenvalue weighted by Gasteiger charge is 2.32. The van der Waals surface area contributed by atoms with Gasteiger partial charge < -0.3 is 28.7 Å². The molecule has 0 bridgehead atoms. The van der Waals surface area contributed by atoms with Crippen molar-refractivity contribution in [3.05, 3.63) is 101 Å². The number of sulfone groups is 1. The van der Waals surface area contributed by atoms with Crippen LogP contribution in [-0.2, 0) is 25.7 Å². The standard InChI is InChI=1S/C38H47F3N2O6S/c1-5-38(40,41)49-34-11-6-7-12-37(34)50(44,45)23-8-10-28-13-14-33(30(39)24-28)48-32-17-19-42(3)31-26-36(35(46-4)25-29(31)32)47-22-9-18-43-20-15-27(2)16-21-43/h6-7,11-14,17,19,24-27,31H,5,8-10,15-16,18,20-23H2,1-4H3. The quantitative estimate of drug-likeness (QED) is 0.164.